The van der Waals surface area contributed by atoms with Crippen LogP contribution in [-0.2, 0) is 0 Å². The van der Waals surface area contributed by atoms with Crippen molar-refractivity contribution in [3.63, 3.8) is 0 Å². The molecule has 3 nitrogen and oxygen atoms in total. The van der Waals surface area contributed by atoms with Gasteiger partial charge in [0.2, 0.25) is 5.89 Å². The monoisotopic (exact) mass is 378 g/mol. The summed E-state index contributed by atoms with van der Waals surface area (Å²) in [4.78, 5) is 6.81. The normalized spacial score (nSPS) is 11.1. The molecule has 0 atom stereocenters. The zero-order valence-corrected chi connectivity index (χ0v) is 14.8. The van der Waals surface area contributed by atoms with Crippen LogP contribution in [0.5, 0.6) is 0 Å². The fourth-order valence-corrected chi connectivity index (χ4v) is 3.28. The predicted molar refractivity (Wildman–Crippen MR) is 95.7 cm³/mol. The van der Waals surface area contributed by atoms with Gasteiger partial charge in [0.15, 0.2) is 5.58 Å². The highest BCUT2D eigenvalue weighted by Gasteiger charge is 2.12. The third-order valence-corrected chi connectivity index (χ3v) is 4.52. The predicted octanol–water partition coefficient (Wildman–Crippen LogP) is 5.76. The quantitative estimate of drug-likeness (QED) is 0.577. The van der Waals surface area contributed by atoms with E-state index in [0.717, 1.165) is 34.2 Å². The number of nitrogens with zero attached hydrogens (tertiary/aromatic N) is 2. The summed E-state index contributed by atoms with van der Waals surface area (Å²) in [5.74, 6) is 0.601. The average molecular weight is 380 g/mol. The van der Waals surface area contributed by atoms with Crippen molar-refractivity contribution >= 4 is 44.3 Å². The maximum Gasteiger partial charge on any atom is 0.227 e. The summed E-state index contributed by atoms with van der Waals surface area (Å²) in [5.41, 5.74) is 3.62. The number of rotatable bonds is 4. The lowest BCUT2D eigenvalue weighted by Crippen LogP contribution is -2.22. The Morgan fingerprint density at radius 2 is 1.91 bits per heavy atom. The average Bonchev–Trinajstić information content (AvgIpc) is 2.93. The second-order valence-electron chi connectivity index (χ2n) is 4.97. The van der Waals surface area contributed by atoms with Crippen molar-refractivity contribution in [2.24, 2.45) is 0 Å². The molecule has 0 amide bonds. The van der Waals surface area contributed by atoms with Gasteiger partial charge in [-0.15, -0.1) is 0 Å². The van der Waals surface area contributed by atoms with Crippen LogP contribution in [0.2, 0.25) is 5.02 Å². The summed E-state index contributed by atoms with van der Waals surface area (Å²) in [6, 6.07) is 11.6. The van der Waals surface area contributed by atoms with Gasteiger partial charge in [0, 0.05) is 28.1 Å². The largest absolute Gasteiger partial charge is 0.436 e. The summed E-state index contributed by atoms with van der Waals surface area (Å²) >= 11 is 9.64. The molecule has 22 heavy (non-hydrogen) atoms. The molecule has 1 heterocycles. The van der Waals surface area contributed by atoms with Gasteiger partial charge in [-0.1, -0.05) is 11.6 Å². The molecule has 0 aliphatic carbocycles. The summed E-state index contributed by atoms with van der Waals surface area (Å²) in [7, 11) is 0. The van der Waals surface area contributed by atoms with Crippen LogP contribution in [-0.4, -0.2) is 18.1 Å². The van der Waals surface area contributed by atoms with Gasteiger partial charge < -0.3 is 9.32 Å². The maximum atomic E-state index is 5.99. The van der Waals surface area contributed by atoms with Crippen LogP contribution >= 0.6 is 27.5 Å². The van der Waals surface area contributed by atoms with Gasteiger partial charge in [-0.25, -0.2) is 4.98 Å². The molecule has 3 rings (SSSR count). The Morgan fingerprint density at radius 3 is 2.59 bits per heavy atom. The van der Waals surface area contributed by atoms with Gasteiger partial charge in [-0.3, -0.25) is 0 Å². The molecule has 114 valence electrons. The minimum Gasteiger partial charge on any atom is -0.436 e. The number of hydrogen-bond donors (Lipinski definition) is 0. The van der Waals surface area contributed by atoms with Crippen LogP contribution in [0.1, 0.15) is 13.8 Å². The SMILES string of the molecule is CCN(CC)c1ccc(-c2nc3cc(Cl)ccc3o2)cc1Br. The molecule has 0 aliphatic rings. The smallest absolute Gasteiger partial charge is 0.227 e. The summed E-state index contributed by atoms with van der Waals surface area (Å²) in [5, 5.41) is 0.658. The fraction of sp³-hybridized carbons (Fsp3) is 0.235. The zero-order valence-electron chi connectivity index (χ0n) is 12.4. The molecule has 0 fully saturated rings. The van der Waals surface area contributed by atoms with Crippen molar-refractivity contribution in [2.75, 3.05) is 18.0 Å². The van der Waals surface area contributed by atoms with E-state index >= 15 is 0 Å². The molecule has 5 heteroatoms. The highest BCUT2D eigenvalue weighted by molar-refractivity contribution is 9.10. The lowest BCUT2D eigenvalue weighted by molar-refractivity contribution is 0.620. The molecule has 0 spiro atoms. The molecule has 0 unspecified atom stereocenters. The van der Waals surface area contributed by atoms with Crippen molar-refractivity contribution in [2.45, 2.75) is 13.8 Å². The lowest BCUT2D eigenvalue weighted by atomic mass is 10.2. The van der Waals surface area contributed by atoms with E-state index in [1.807, 2.05) is 24.3 Å². The Balaban J connectivity index is 2.02. The van der Waals surface area contributed by atoms with E-state index < -0.39 is 0 Å². The molecular weight excluding hydrogens is 364 g/mol. The standard InChI is InChI=1S/C17H16BrClN2O/c1-3-21(4-2)15-7-5-11(9-13(15)18)17-20-14-10-12(19)6-8-16(14)22-17/h5-10H,3-4H2,1-2H3. The highest BCUT2D eigenvalue weighted by Crippen LogP contribution is 2.32. The molecular formula is C17H16BrClN2O. The van der Waals surface area contributed by atoms with Crippen LogP contribution < -0.4 is 4.90 Å². The number of hydrogen-bond acceptors (Lipinski definition) is 3. The van der Waals surface area contributed by atoms with E-state index in [4.69, 9.17) is 16.0 Å². The molecule has 0 radical (unpaired) electrons. The van der Waals surface area contributed by atoms with Crippen molar-refractivity contribution in [1.29, 1.82) is 0 Å². The maximum absolute atomic E-state index is 5.99. The number of benzene rings is 2. The Morgan fingerprint density at radius 1 is 1.14 bits per heavy atom. The van der Waals surface area contributed by atoms with Gasteiger partial charge in [0.25, 0.3) is 0 Å². The molecule has 0 aliphatic heterocycles. The van der Waals surface area contributed by atoms with E-state index in [9.17, 15) is 0 Å². The molecule has 0 saturated heterocycles. The summed E-state index contributed by atoms with van der Waals surface area (Å²) in [6.07, 6.45) is 0. The lowest BCUT2D eigenvalue weighted by Gasteiger charge is -2.22. The molecule has 0 bridgehead atoms. The highest BCUT2D eigenvalue weighted by atomic mass is 79.9. The first-order valence-corrected chi connectivity index (χ1v) is 8.40. The minimum absolute atomic E-state index is 0.601. The van der Waals surface area contributed by atoms with E-state index in [2.05, 4.69) is 45.7 Å². The van der Waals surface area contributed by atoms with Gasteiger partial charge in [-0.05, 0) is 66.2 Å². The van der Waals surface area contributed by atoms with Gasteiger partial charge >= 0.3 is 0 Å². The second kappa shape index (κ2) is 6.31. The van der Waals surface area contributed by atoms with Crippen LogP contribution in [0.15, 0.2) is 45.3 Å². The molecule has 2 aromatic carbocycles. The third-order valence-electron chi connectivity index (χ3n) is 3.65. The van der Waals surface area contributed by atoms with Gasteiger partial charge in [0.05, 0.1) is 5.69 Å². The Labute approximate surface area is 143 Å². The molecule has 1 aromatic heterocycles. The Bertz CT molecular complexity index is 812. The Kier molecular flexibility index (Phi) is 4.41. The van der Waals surface area contributed by atoms with E-state index in [1.54, 1.807) is 6.07 Å². The van der Waals surface area contributed by atoms with E-state index in [-0.39, 0.29) is 0 Å². The van der Waals surface area contributed by atoms with Crippen LogP contribution in [0.4, 0.5) is 5.69 Å². The number of aromatic nitrogens is 1. The first kappa shape index (κ1) is 15.4. The third kappa shape index (κ3) is 2.85. The Hall–Kier alpha value is -1.52. The number of fused-ring (bicyclic) bond motifs is 1. The van der Waals surface area contributed by atoms with Crippen LogP contribution in [0.3, 0.4) is 0 Å². The topological polar surface area (TPSA) is 29.3 Å². The number of anilines is 1. The summed E-state index contributed by atoms with van der Waals surface area (Å²) in [6.45, 7) is 6.23. The minimum atomic E-state index is 0.601. The second-order valence-corrected chi connectivity index (χ2v) is 6.26. The van der Waals surface area contributed by atoms with Crippen molar-refractivity contribution in [3.05, 3.63) is 45.9 Å². The fourth-order valence-electron chi connectivity index (χ4n) is 2.48. The van der Waals surface area contributed by atoms with Crippen LogP contribution in [0.25, 0.3) is 22.6 Å². The first-order valence-electron chi connectivity index (χ1n) is 7.23. The first-order chi connectivity index (χ1) is 10.6. The number of halogens is 2. The van der Waals surface area contributed by atoms with Crippen molar-refractivity contribution < 1.29 is 4.42 Å². The van der Waals surface area contributed by atoms with E-state index in [0.29, 0.717) is 10.9 Å². The van der Waals surface area contributed by atoms with Crippen molar-refractivity contribution in [1.82, 2.24) is 4.98 Å². The molecule has 0 N–H and O–H groups in total. The van der Waals surface area contributed by atoms with Crippen LogP contribution in [0, 0.1) is 0 Å². The zero-order chi connectivity index (χ0) is 15.7. The van der Waals surface area contributed by atoms with E-state index in [1.165, 1.54) is 5.69 Å². The van der Waals surface area contributed by atoms with Crippen molar-refractivity contribution in [3.8, 4) is 11.5 Å². The van der Waals surface area contributed by atoms with Gasteiger partial charge in [0.1, 0.15) is 5.52 Å². The molecule has 0 saturated carbocycles. The number of oxazole rings is 1. The van der Waals surface area contributed by atoms with Gasteiger partial charge in [-0.2, -0.15) is 0 Å². The summed E-state index contributed by atoms with van der Waals surface area (Å²) < 4.78 is 6.85. The molecule has 3 aromatic rings.